The molecule has 2 aliphatic heterocycles. The highest BCUT2D eigenvalue weighted by Crippen LogP contribution is 2.54. The van der Waals surface area contributed by atoms with Crippen molar-refractivity contribution in [2.24, 2.45) is 5.92 Å². The fourth-order valence-electron chi connectivity index (χ4n) is 4.65. The van der Waals surface area contributed by atoms with Crippen LogP contribution in [0.5, 0.6) is 11.5 Å². The van der Waals surface area contributed by atoms with Gasteiger partial charge in [-0.05, 0) is 23.3 Å². The molecule has 1 aromatic carbocycles. The smallest absolute Gasteiger partial charge is 0.231 e. The number of hydrogen-bond acceptors (Lipinski definition) is 6. The standard InChI is InChI=1S/C17H17NO6/c1-22-10-2-3-17-9-5-12-11(23-7-24-12)4-8(9)15(20)14(10)16(17)18(21)6-13(17)19/h2-5,10,13-15,19-20H,6-7H2,1H3/t10-,13+,14-,15-,17-/m1/s1. The average molecular weight is 331 g/mol. The lowest BCUT2D eigenvalue weighted by atomic mass is 9.58. The molecule has 7 nitrogen and oxygen atoms in total. The van der Waals surface area contributed by atoms with Crippen LogP contribution in [0.25, 0.3) is 0 Å². The van der Waals surface area contributed by atoms with Crippen LogP contribution in [0.3, 0.4) is 0 Å². The van der Waals surface area contributed by atoms with Gasteiger partial charge >= 0.3 is 0 Å². The minimum Gasteiger partial charge on any atom is -0.624 e. The first-order valence-corrected chi connectivity index (χ1v) is 7.92. The molecule has 0 aromatic heterocycles. The van der Waals surface area contributed by atoms with Crippen molar-refractivity contribution in [3.8, 4) is 11.5 Å². The molecule has 0 saturated heterocycles. The first-order valence-electron chi connectivity index (χ1n) is 7.92. The second kappa shape index (κ2) is 4.50. The van der Waals surface area contributed by atoms with Crippen LogP contribution in [0, 0.1) is 11.1 Å². The number of aliphatic hydroxyl groups excluding tert-OH is 2. The Morgan fingerprint density at radius 2 is 2.04 bits per heavy atom. The Morgan fingerprint density at radius 3 is 2.79 bits per heavy atom. The van der Waals surface area contributed by atoms with Gasteiger partial charge in [0.15, 0.2) is 23.8 Å². The highest BCUT2D eigenvalue weighted by Gasteiger charge is 2.64. The maximum Gasteiger partial charge on any atom is 0.231 e. The molecule has 7 heteroatoms. The molecule has 0 amide bonds. The van der Waals surface area contributed by atoms with Gasteiger partial charge in [-0.25, -0.2) is 4.74 Å². The SMILES string of the molecule is CO[C@@H]1C=C[C@]23C(=[N+]([O-])C[C@@H]2O)[C@H]1[C@H](O)c1cc2c(cc13)OCO2. The van der Waals surface area contributed by atoms with Crippen LogP contribution in [0.4, 0.5) is 0 Å². The van der Waals surface area contributed by atoms with Crippen LogP contribution in [0.1, 0.15) is 17.2 Å². The number of rotatable bonds is 1. The van der Waals surface area contributed by atoms with E-state index in [2.05, 4.69) is 0 Å². The number of nitrogens with zero attached hydrogens (tertiary/aromatic N) is 1. The molecule has 0 spiro atoms. The Morgan fingerprint density at radius 1 is 1.29 bits per heavy atom. The molecule has 24 heavy (non-hydrogen) atoms. The molecule has 5 atom stereocenters. The quantitative estimate of drug-likeness (QED) is 0.435. The first kappa shape index (κ1) is 14.3. The van der Waals surface area contributed by atoms with E-state index in [4.69, 9.17) is 14.2 Å². The zero-order chi connectivity index (χ0) is 16.6. The van der Waals surface area contributed by atoms with E-state index in [1.807, 2.05) is 12.2 Å². The summed E-state index contributed by atoms with van der Waals surface area (Å²) in [7, 11) is 1.55. The average Bonchev–Trinajstić information content (AvgIpc) is 3.14. The molecule has 126 valence electrons. The van der Waals surface area contributed by atoms with Crippen molar-refractivity contribution in [1.29, 1.82) is 0 Å². The summed E-state index contributed by atoms with van der Waals surface area (Å²) in [6.45, 7) is 0.0846. The number of benzene rings is 1. The van der Waals surface area contributed by atoms with E-state index in [1.165, 1.54) is 0 Å². The highest BCUT2D eigenvalue weighted by molar-refractivity contribution is 6.01. The van der Waals surface area contributed by atoms with Gasteiger partial charge in [-0.15, -0.1) is 0 Å². The normalized spacial score (nSPS) is 38.3. The maximum absolute atomic E-state index is 12.5. The fourth-order valence-corrected chi connectivity index (χ4v) is 4.65. The third kappa shape index (κ3) is 1.46. The van der Waals surface area contributed by atoms with E-state index in [9.17, 15) is 15.4 Å². The van der Waals surface area contributed by atoms with Gasteiger partial charge in [-0.2, -0.15) is 0 Å². The Balaban J connectivity index is 1.84. The molecule has 0 saturated carbocycles. The van der Waals surface area contributed by atoms with Crippen molar-refractivity contribution in [1.82, 2.24) is 0 Å². The number of fused-ring (bicyclic) bond motifs is 2. The molecule has 2 aliphatic carbocycles. The predicted octanol–water partition coefficient (Wildman–Crippen LogP) is 0.227. The van der Waals surface area contributed by atoms with Crippen molar-refractivity contribution in [2.75, 3.05) is 20.4 Å². The molecule has 4 aliphatic rings. The van der Waals surface area contributed by atoms with Gasteiger partial charge in [0.2, 0.25) is 6.79 Å². The number of hydrogen-bond donors (Lipinski definition) is 2. The predicted molar refractivity (Wildman–Crippen MR) is 82.1 cm³/mol. The lowest BCUT2D eigenvalue weighted by molar-refractivity contribution is -0.459. The van der Waals surface area contributed by atoms with E-state index >= 15 is 0 Å². The monoisotopic (exact) mass is 331 g/mol. The van der Waals surface area contributed by atoms with Crippen LogP contribution in [-0.2, 0) is 10.2 Å². The molecule has 2 heterocycles. The summed E-state index contributed by atoms with van der Waals surface area (Å²) in [5, 5.41) is 34.2. The van der Waals surface area contributed by atoms with Gasteiger partial charge in [0.1, 0.15) is 17.4 Å². The van der Waals surface area contributed by atoms with Crippen LogP contribution < -0.4 is 9.47 Å². The Labute approximate surface area is 138 Å². The van der Waals surface area contributed by atoms with E-state index < -0.39 is 29.6 Å². The highest BCUT2D eigenvalue weighted by atomic mass is 16.7. The summed E-state index contributed by atoms with van der Waals surface area (Å²) in [4.78, 5) is 0. The number of ether oxygens (including phenoxy) is 3. The molecular weight excluding hydrogens is 314 g/mol. The van der Waals surface area contributed by atoms with Crippen molar-refractivity contribution >= 4 is 5.71 Å². The summed E-state index contributed by atoms with van der Waals surface area (Å²) in [6, 6.07) is 3.52. The molecule has 0 fully saturated rings. The largest absolute Gasteiger partial charge is 0.624 e. The second-order valence-electron chi connectivity index (χ2n) is 6.65. The minimum atomic E-state index is -0.947. The van der Waals surface area contributed by atoms with Gasteiger partial charge in [-0.1, -0.05) is 12.2 Å². The van der Waals surface area contributed by atoms with Crippen molar-refractivity contribution < 1.29 is 29.2 Å². The molecule has 2 bridgehead atoms. The minimum absolute atomic E-state index is 0.0345. The molecule has 1 aromatic rings. The van der Waals surface area contributed by atoms with Crippen molar-refractivity contribution in [2.45, 2.75) is 23.7 Å². The topological polar surface area (TPSA) is 94.2 Å². The van der Waals surface area contributed by atoms with Gasteiger partial charge < -0.3 is 29.6 Å². The maximum atomic E-state index is 12.5. The van der Waals surface area contributed by atoms with Crippen molar-refractivity contribution in [3.05, 3.63) is 40.6 Å². The zero-order valence-corrected chi connectivity index (χ0v) is 13.0. The molecule has 0 unspecified atom stereocenters. The van der Waals surface area contributed by atoms with Crippen LogP contribution >= 0.6 is 0 Å². The van der Waals surface area contributed by atoms with E-state index in [1.54, 1.807) is 19.2 Å². The Kier molecular flexibility index (Phi) is 2.68. The lowest BCUT2D eigenvalue weighted by Crippen LogP contribution is -2.56. The first-order chi connectivity index (χ1) is 11.6. The third-order valence-corrected chi connectivity index (χ3v) is 5.70. The van der Waals surface area contributed by atoms with Gasteiger partial charge in [-0.3, -0.25) is 0 Å². The number of hydroxylamine groups is 1. The summed E-state index contributed by atoms with van der Waals surface area (Å²) >= 11 is 0. The van der Waals surface area contributed by atoms with Crippen LogP contribution in [0.15, 0.2) is 24.3 Å². The number of aliphatic hydroxyl groups is 2. The lowest BCUT2D eigenvalue weighted by Gasteiger charge is -2.44. The van der Waals surface area contributed by atoms with Gasteiger partial charge in [0.05, 0.1) is 12.2 Å². The summed E-state index contributed by atoms with van der Waals surface area (Å²) < 4.78 is 17.2. The summed E-state index contributed by atoms with van der Waals surface area (Å²) in [6.07, 6.45) is 1.42. The van der Waals surface area contributed by atoms with E-state index in [-0.39, 0.29) is 13.3 Å². The van der Waals surface area contributed by atoms with Crippen molar-refractivity contribution in [3.63, 3.8) is 0 Å². The second-order valence-corrected chi connectivity index (χ2v) is 6.65. The van der Waals surface area contributed by atoms with Crippen LogP contribution in [0.2, 0.25) is 0 Å². The molecule has 2 N–H and O–H groups in total. The Bertz CT molecular complexity index is 803. The molecule has 0 radical (unpaired) electrons. The van der Waals surface area contributed by atoms with Crippen LogP contribution in [-0.4, -0.2) is 53.3 Å². The molecular formula is C17H17NO6. The Hall–Kier alpha value is -2.09. The van der Waals surface area contributed by atoms with E-state index in [0.29, 0.717) is 28.3 Å². The zero-order valence-electron chi connectivity index (χ0n) is 13.0. The van der Waals surface area contributed by atoms with Gasteiger partial charge in [0, 0.05) is 7.11 Å². The summed E-state index contributed by atoms with van der Waals surface area (Å²) in [5.74, 6) is 0.588. The summed E-state index contributed by atoms with van der Waals surface area (Å²) in [5.41, 5.74) is 0.857. The van der Waals surface area contributed by atoms with E-state index in [0.717, 1.165) is 4.74 Å². The molecule has 5 rings (SSSR count). The van der Waals surface area contributed by atoms with Gasteiger partial charge in [0.25, 0.3) is 0 Å². The number of methoxy groups -OCH3 is 1. The fraction of sp³-hybridized carbons (Fsp3) is 0.471. The number of β-amino-alcohol motifs (C(OH)–C–C–N with tert-alkyl or cyclic N) is 1. The third-order valence-electron chi connectivity index (χ3n) is 5.70.